The summed E-state index contributed by atoms with van der Waals surface area (Å²) in [5, 5.41) is 7.84. The van der Waals surface area contributed by atoms with Crippen LogP contribution in [0.3, 0.4) is 0 Å². The number of sulfonamides is 1. The Labute approximate surface area is 190 Å². The van der Waals surface area contributed by atoms with E-state index in [4.69, 9.17) is 10.1 Å². The van der Waals surface area contributed by atoms with Crippen LogP contribution < -0.4 is 15.4 Å². The van der Waals surface area contributed by atoms with E-state index in [1.165, 1.54) is 12.3 Å². The van der Waals surface area contributed by atoms with Crippen LogP contribution in [0, 0.1) is 0 Å². The van der Waals surface area contributed by atoms with Gasteiger partial charge in [0.05, 0.1) is 17.4 Å². The molecule has 0 bridgehead atoms. The number of nitrogens with two attached hydrogens (primary N) is 1. The summed E-state index contributed by atoms with van der Waals surface area (Å²) in [6.07, 6.45) is 6.00. The van der Waals surface area contributed by atoms with Gasteiger partial charge in [-0.1, -0.05) is 0 Å². The van der Waals surface area contributed by atoms with E-state index in [1.807, 2.05) is 6.07 Å². The smallest absolute Gasteiger partial charge is 0.259 e. The minimum Gasteiger partial charge on any atom is -0.355 e. The summed E-state index contributed by atoms with van der Waals surface area (Å²) in [4.78, 5) is 23.6. The average Bonchev–Trinajstić information content (AvgIpc) is 3.66. The molecule has 0 unspecified atom stereocenters. The number of primary sulfonamides is 1. The van der Waals surface area contributed by atoms with E-state index >= 15 is 0 Å². The topological polar surface area (TPSA) is 118 Å². The van der Waals surface area contributed by atoms with Gasteiger partial charge in [-0.25, -0.2) is 27.3 Å². The molecular formula is C22H25F2N5O3S. The largest absolute Gasteiger partial charge is 0.355 e. The molecule has 2 aliphatic carbocycles. The Morgan fingerprint density at radius 3 is 2.36 bits per heavy atom. The molecule has 2 saturated carbocycles. The highest BCUT2D eigenvalue weighted by Crippen LogP contribution is 2.49. The predicted octanol–water partition coefficient (Wildman–Crippen LogP) is 3.37. The van der Waals surface area contributed by atoms with Gasteiger partial charge in [-0.3, -0.25) is 9.78 Å². The molecule has 3 heterocycles. The minimum atomic E-state index is -3.99. The molecular weight excluding hydrogens is 452 g/mol. The van der Waals surface area contributed by atoms with E-state index in [0.29, 0.717) is 23.2 Å². The average molecular weight is 478 g/mol. The Hall–Kier alpha value is -2.66. The summed E-state index contributed by atoms with van der Waals surface area (Å²) in [7, 11) is -3.99. The number of anilines is 2. The fourth-order valence-corrected chi connectivity index (χ4v) is 4.73. The molecule has 5 rings (SSSR count). The number of amides is 1. The molecule has 2 aromatic rings. The van der Waals surface area contributed by atoms with Gasteiger partial charge in [0.15, 0.2) is 0 Å². The van der Waals surface area contributed by atoms with Gasteiger partial charge in [0.1, 0.15) is 10.7 Å². The van der Waals surface area contributed by atoms with Gasteiger partial charge >= 0.3 is 0 Å². The maximum Gasteiger partial charge on any atom is 0.259 e. The highest BCUT2D eigenvalue weighted by Gasteiger charge is 2.39. The van der Waals surface area contributed by atoms with E-state index in [-0.39, 0.29) is 36.5 Å². The monoisotopic (exact) mass is 477 g/mol. The van der Waals surface area contributed by atoms with Crippen LogP contribution in [0.5, 0.6) is 0 Å². The Morgan fingerprint density at radius 1 is 1.09 bits per heavy atom. The van der Waals surface area contributed by atoms with Gasteiger partial charge in [0, 0.05) is 43.7 Å². The van der Waals surface area contributed by atoms with Crippen molar-refractivity contribution in [2.24, 2.45) is 5.14 Å². The first-order valence-electron chi connectivity index (χ1n) is 11.1. The van der Waals surface area contributed by atoms with Crippen molar-refractivity contribution in [1.29, 1.82) is 0 Å². The molecule has 1 aliphatic heterocycles. The Kier molecular flexibility index (Phi) is 5.36. The first-order valence-corrected chi connectivity index (χ1v) is 12.6. The molecule has 0 radical (unpaired) electrons. The van der Waals surface area contributed by atoms with Crippen LogP contribution in [-0.2, 0) is 10.0 Å². The van der Waals surface area contributed by atoms with E-state index in [1.54, 1.807) is 4.90 Å². The number of piperidine rings is 1. The molecule has 1 amide bonds. The number of pyridine rings is 2. The Morgan fingerprint density at radius 2 is 1.76 bits per heavy atom. The van der Waals surface area contributed by atoms with E-state index in [0.717, 1.165) is 43.1 Å². The molecule has 11 heteroatoms. The molecule has 0 atom stereocenters. The van der Waals surface area contributed by atoms with Crippen molar-refractivity contribution in [1.82, 2.24) is 9.97 Å². The van der Waals surface area contributed by atoms with Crippen LogP contribution in [0.15, 0.2) is 29.4 Å². The number of nitrogens with zero attached hydrogens (tertiary/aromatic N) is 3. The summed E-state index contributed by atoms with van der Waals surface area (Å²) in [5.41, 5.74) is 2.51. The third kappa shape index (κ3) is 4.84. The third-order valence-corrected chi connectivity index (χ3v) is 7.26. The second kappa shape index (κ2) is 7.98. The molecule has 2 aromatic heterocycles. The van der Waals surface area contributed by atoms with Crippen molar-refractivity contribution in [2.75, 3.05) is 23.3 Å². The quantitative estimate of drug-likeness (QED) is 0.659. The van der Waals surface area contributed by atoms with Crippen molar-refractivity contribution in [3.63, 3.8) is 0 Å². The van der Waals surface area contributed by atoms with E-state index < -0.39 is 21.9 Å². The summed E-state index contributed by atoms with van der Waals surface area (Å²) in [5.74, 6) is -2.08. The zero-order chi connectivity index (χ0) is 23.4. The van der Waals surface area contributed by atoms with Gasteiger partial charge in [0.25, 0.3) is 11.8 Å². The van der Waals surface area contributed by atoms with Crippen molar-refractivity contribution in [3.8, 4) is 0 Å². The van der Waals surface area contributed by atoms with E-state index in [2.05, 4.69) is 10.3 Å². The number of carbonyl (C=O) groups excluding carboxylic acids is 1. The zero-order valence-electron chi connectivity index (χ0n) is 17.9. The number of carbonyl (C=O) groups is 1. The maximum atomic E-state index is 13.8. The Balaban J connectivity index is 1.51. The van der Waals surface area contributed by atoms with E-state index in [9.17, 15) is 22.0 Å². The minimum absolute atomic E-state index is 0.107. The van der Waals surface area contributed by atoms with Crippen LogP contribution in [0.4, 0.5) is 20.3 Å². The molecule has 33 heavy (non-hydrogen) atoms. The third-order valence-electron chi connectivity index (χ3n) is 6.38. The molecule has 0 spiro atoms. The van der Waals surface area contributed by atoms with Gasteiger partial charge in [-0.05, 0) is 49.3 Å². The second-order valence-electron chi connectivity index (χ2n) is 9.13. The maximum absolute atomic E-state index is 13.8. The summed E-state index contributed by atoms with van der Waals surface area (Å²) in [6, 6.07) is 3.09. The number of rotatable bonds is 6. The lowest BCUT2D eigenvalue weighted by atomic mass is 10.0. The number of alkyl halides is 2. The van der Waals surface area contributed by atoms with Gasteiger partial charge in [-0.2, -0.15) is 0 Å². The lowest BCUT2D eigenvalue weighted by Gasteiger charge is -2.34. The second-order valence-corrected chi connectivity index (χ2v) is 10.7. The fraction of sp³-hybridized carbons (Fsp3) is 0.500. The molecule has 176 valence electrons. The van der Waals surface area contributed by atoms with Crippen LogP contribution in [0.25, 0.3) is 0 Å². The molecule has 3 fully saturated rings. The Bertz CT molecular complexity index is 1200. The molecule has 3 aliphatic rings. The van der Waals surface area contributed by atoms with Gasteiger partial charge in [0.2, 0.25) is 10.0 Å². The number of hydrogen-bond acceptors (Lipinski definition) is 6. The predicted molar refractivity (Wildman–Crippen MR) is 118 cm³/mol. The summed E-state index contributed by atoms with van der Waals surface area (Å²) in [6.45, 7) is 0.214. The standard InChI is InChI=1S/C22H25F2N5O3S/c23-22(24)5-7-29(8-6-22)20-18(10-17(13-1-2-13)19(28-20)14-3-4-14)21(30)27-15-9-16(12-26-11-15)33(25,31)32/h9-14H,1-8H2,(H,27,30)(H2,25,31,32). The first-order chi connectivity index (χ1) is 15.6. The van der Waals surface area contributed by atoms with Crippen LogP contribution in [-0.4, -0.2) is 43.3 Å². The lowest BCUT2D eigenvalue weighted by molar-refractivity contribution is -0.0221. The molecule has 3 N–H and O–H groups in total. The number of aromatic nitrogens is 2. The summed E-state index contributed by atoms with van der Waals surface area (Å²) < 4.78 is 50.8. The SMILES string of the molecule is NS(=O)(=O)c1cncc(NC(=O)c2cc(C3CC3)c(C3CC3)nc2N2CCC(F)(F)CC2)c1. The van der Waals surface area contributed by atoms with Gasteiger partial charge < -0.3 is 10.2 Å². The normalized spacial score (nSPS) is 20.5. The highest BCUT2D eigenvalue weighted by atomic mass is 32.2. The van der Waals surface area contributed by atoms with Crippen LogP contribution in [0.2, 0.25) is 0 Å². The molecule has 1 saturated heterocycles. The molecule has 8 nitrogen and oxygen atoms in total. The fourth-order valence-electron chi connectivity index (χ4n) is 4.23. The first kappa shape index (κ1) is 22.1. The van der Waals surface area contributed by atoms with Crippen molar-refractivity contribution >= 4 is 27.4 Å². The number of halogens is 2. The van der Waals surface area contributed by atoms with Crippen LogP contribution >= 0.6 is 0 Å². The molecule has 0 aromatic carbocycles. The zero-order valence-corrected chi connectivity index (χ0v) is 18.7. The van der Waals surface area contributed by atoms with Crippen molar-refractivity contribution in [2.45, 2.75) is 61.2 Å². The number of nitrogens with one attached hydrogen (secondary N) is 1. The van der Waals surface area contributed by atoms with Crippen LogP contribution in [0.1, 0.15) is 72.0 Å². The number of hydrogen-bond donors (Lipinski definition) is 2. The van der Waals surface area contributed by atoms with Crippen molar-refractivity contribution in [3.05, 3.63) is 41.3 Å². The lowest BCUT2D eigenvalue weighted by Crippen LogP contribution is -2.40. The highest BCUT2D eigenvalue weighted by molar-refractivity contribution is 7.89. The van der Waals surface area contributed by atoms with Gasteiger partial charge in [-0.15, -0.1) is 0 Å². The summed E-state index contributed by atoms with van der Waals surface area (Å²) >= 11 is 0. The van der Waals surface area contributed by atoms with Crippen molar-refractivity contribution < 1.29 is 22.0 Å².